The van der Waals surface area contributed by atoms with Gasteiger partial charge in [-0.2, -0.15) is 0 Å². The van der Waals surface area contributed by atoms with Gasteiger partial charge in [0.1, 0.15) is 0 Å². The van der Waals surface area contributed by atoms with E-state index < -0.39 is 0 Å². The van der Waals surface area contributed by atoms with Gasteiger partial charge in [0.05, 0.1) is 6.61 Å². The Labute approximate surface area is 129 Å². The molecular formula is C18H30N2O. The average molecular weight is 290 g/mol. The first kappa shape index (κ1) is 16.5. The molecule has 1 aromatic carbocycles. The van der Waals surface area contributed by atoms with Crippen LogP contribution in [0, 0.1) is 0 Å². The van der Waals surface area contributed by atoms with Crippen LogP contribution < -0.4 is 5.32 Å². The van der Waals surface area contributed by atoms with E-state index in [0.29, 0.717) is 6.04 Å². The minimum absolute atomic E-state index is 0.218. The van der Waals surface area contributed by atoms with Gasteiger partial charge in [-0.15, -0.1) is 0 Å². The molecule has 0 aromatic heterocycles. The maximum absolute atomic E-state index is 5.71. The molecule has 3 nitrogen and oxygen atoms in total. The van der Waals surface area contributed by atoms with Gasteiger partial charge in [-0.1, -0.05) is 44.2 Å². The normalized spacial score (nSPS) is 26.9. The number of hydrogen-bond donors (Lipinski definition) is 1. The van der Waals surface area contributed by atoms with E-state index in [2.05, 4.69) is 61.3 Å². The minimum atomic E-state index is 0.218. The van der Waals surface area contributed by atoms with Crippen molar-refractivity contribution < 1.29 is 4.74 Å². The van der Waals surface area contributed by atoms with Crippen LogP contribution >= 0.6 is 0 Å². The van der Waals surface area contributed by atoms with Gasteiger partial charge in [0.25, 0.3) is 0 Å². The highest BCUT2D eigenvalue weighted by Gasteiger charge is 2.34. The smallest absolute Gasteiger partial charge is 0.0593 e. The van der Waals surface area contributed by atoms with Crippen molar-refractivity contribution in [3.05, 3.63) is 35.9 Å². The monoisotopic (exact) mass is 290 g/mol. The topological polar surface area (TPSA) is 24.5 Å². The highest BCUT2D eigenvalue weighted by molar-refractivity contribution is 5.20. The predicted octanol–water partition coefficient (Wildman–Crippen LogP) is 3.23. The molecule has 21 heavy (non-hydrogen) atoms. The Morgan fingerprint density at radius 3 is 2.67 bits per heavy atom. The van der Waals surface area contributed by atoms with Crippen LogP contribution in [0.4, 0.5) is 0 Å². The van der Waals surface area contributed by atoms with E-state index in [0.717, 1.165) is 45.7 Å². The third-order valence-corrected chi connectivity index (χ3v) is 4.55. The van der Waals surface area contributed by atoms with E-state index in [1.807, 2.05) is 0 Å². The predicted molar refractivity (Wildman–Crippen MR) is 88.6 cm³/mol. The largest absolute Gasteiger partial charge is 0.380 e. The summed E-state index contributed by atoms with van der Waals surface area (Å²) in [4.78, 5) is 2.59. The quantitative estimate of drug-likeness (QED) is 0.780. The molecule has 0 amide bonds. The molecule has 1 aliphatic heterocycles. The first-order valence-corrected chi connectivity index (χ1v) is 8.30. The van der Waals surface area contributed by atoms with Gasteiger partial charge in [-0.05, 0) is 25.3 Å². The van der Waals surface area contributed by atoms with Crippen molar-refractivity contribution in [1.82, 2.24) is 10.2 Å². The zero-order valence-electron chi connectivity index (χ0n) is 13.8. The third kappa shape index (κ3) is 4.53. The molecule has 0 aliphatic carbocycles. The summed E-state index contributed by atoms with van der Waals surface area (Å²) in [5, 5.41) is 3.74. The minimum Gasteiger partial charge on any atom is -0.380 e. The summed E-state index contributed by atoms with van der Waals surface area (Å²) in [6, 6.07) is 11.3. The summed E-state index contributed by atoms with van der Waals surface area (Å²) in [6.45, 7) is 11.6. The van der Waals surface area contributed by atoms with Crippen LogP contribution in [0.25, 0.3) is 0 Å². The molecule has 0 bridgehead atoms. The fourth-order valence-corrected chi connectivity index (χ4v) is 2.99. The fourth-order valence-electron chi connectivity index (χ4n) is 2.99. The van der Waals surface area contributed by atoms with Crippen LogP contribution in [-0.4, -0.2) is 43.3 Å². The Morgan fingerprint density at radius 2 is 2.00 bits per heavy atom. The first-order chi connectivity index (χ1) is 10.2. The Hall–Kier alpha value is -0.900. The van der Waals surface area contributed by atoms with Crippen molar-refractivity contribution in [2.45, 2.75) is 45.2 Å². The van der Waals surface area contributed by atoms with Crippen molar-refractivity contribution in [1.29, 1.82) is 0 Å². The van der Waals surface area contributed by atoms with Crippen LogP contribution in [0.15, 0.2) is 30.3 Å². The molecule has 1 aliphatic rings. The van der Waals surface area contributed by atoms with Crippen molar-refractivity contribution >= 4 is 0 Å². The van der Waals surface area contributed by atoms with E-state index in [4.69, 9.17) is 4.74 Å². The number of rotatable bonds is 7. The lowest BCUT2D eigenvalue weighted by molar-refractivity contribution is 0.0434. The molecule has 0 radical (unpaired) electrons. The summed E-state index contributed by atoms with van der Waals surface area (Å²) in [7, 11) is 0. The highest BCUT2D eigenvalue weighted by Crippen LogP contribution is 2.28. The molecule has 0 spiro atoms. The number of piperazine rings is 1. The third-order valence-electron chi connectivity index (χ3n) is 4.55. The van der Waals surface area contributed by atoms with Crippen LogP contribution in [-0.2, 0) is 4.74 Å². The lowest BCUT2D eigenvalue weighted by atomic mass is 9.91. The Morgan fingerprint density at radius 1 is 1.24 bits per heavy atom. The molecule has 1 aromatic rings. The fraction of sp³-hybridized carbons (Fsp3) is 0.667. The second kappa shape index (κ2) is 7.92. The summed E-state index contributed by atoms with van der Waals surface area (Å²) in [5.41, 5.74) is 1.62. The molecule has 118 valence electrons. The summed E-state index contributed by atoms with van der Waals surface area (Å²) < 4.78 is 5.71. The second-order valence-corrected chi connectivity index (χ2v) is 6.30. The summed E-state index contributed by atoms with van der Waals surface area (Å²) in [5.74, 6) is 0. The maximum Gasteiger partial charge on any atom is 0.0593 e. The van der Waals surface area contributed by atoms with Crippen molar-refractivity contribution in [3.8, 4) is 0 Å². The standard InChI is InChI=1S/C18H30N2O/c1-4-12-21-13-11-20-15-18(3,5-2)19-14-17(20)16-9-7-6-8-10-16/h6-10,17,19H,4-5,11-15H2,1-3H3. The molecule has 1 saturated heterocycles. The van der Waals surface area contributed by atoms with E-state index in [1.165, 1.54) is 5.56 Å². The zero-order valence-corrected chi connectivity index (χ0v) is 13.8. The van der Waals surface area contributed by atoms with Gasteiger partial charge < -0.3 is 10.1 Å². The molecule has 2 atom stereocenters. The van der Waals surface area contributed by atoms with Gasteiger partial charge in [0, 0.05) is 37.8 Å². The van der Waals surface area contributed by atoms with Crippen LogP contribution in [0.5, 0.6) is 0 Å². The van der Waals surface area contributed by atoms with Crippen LogP contribution in [0.3, 0.4) is 0 Å². The Kier molecular flexibility index (Phi) is 6.22. The van der Waals surface area contributed by atoms with Gasteiger partial charge >= 0.3 is 0 Å². The van der Waals surface area contributed by atoms with E-state index in [1.54, 1.807) is 0 Å². The Balaban J connectivity index is 2.03. The molecular weight excluding hydrogens is 260 g/mol. The van der Waals surface area contributed by atoms with Crippen LogP contribution in [0.1, 0.15) is 45.2 Å². The SMILES string of the molecule is CCCOCCN1CC(C)(CC)NCC1c1ccccc1. The molecule has 1 heterocycles. The van der Waals surface area contributed by atoms with E-state index in [9.17, 15) is 0 Å². The lowest BCUT2D eigenvalue weighted by Gasteiger charge is -2.46. The number of nitrogens with one attached hydrogen (secondary N) is 1. The number of ether oxygens (including phenoxy) is 1. The summed E-state index contributed by atoms with van der Waals surface area (Å²) in [6.07, 6.45) is 2.25. The Bertz CT molecular complexity index is 409. The number of benzene rings is 1. The molecule has 0 saturated carbocycles. The van der Waals surface area contributed by atoms with Gasteiger partial charge in [-0.25, -0.2) is 0 Å². The first-order valence-electron chi connectivity index (χ1n) is 8.30. The van der Waals surface area contributed by atoms with E-state index in [-0.39, 0.29) is 5.54 Å². The van der Waals surface area contributed by atoms with Crippen molar-refractivity contribution in [2.24, 2.45) is 0 Å². The molecule has 3 heteroatoms. The lowest BCUT2D eigenvalue weighted by Crippen LogP contribution is -2.59. The summed E-state index contributed by atoms with van der Waals surface area (Å²) >= 11 is 0. The van der Waals surface area contributed by atoms with Gasteiger partial charge in [0.2, 0.25) is 0 Å². The number of nitrogens with zero attached hydrogens (tertiary/aromatic N) is 1. The average Bonchev–Trinajstić information content (AvgIpc) is 2.53. The van der Waals surface area contributed by atoms with E-state index >= 15 is 0 Å². The molecule has 2 unspecified atom stereocenters. The van der Waals surface area contributed by atoms with Gasteiger partial charge in [-0.3, -0.25) is 4.90 Å². The highest BCUT2D eigenvalue weighted by atomic mass is 16.5. The molecule has 1 fully saturated rings. The number of hydrogen-bond acceptors (Lipinski definition) is 3. The molecule has 1 N–H and O–H groups in total. The van der Waals surface area contributed by atoms with Crippen LogP contribution in [0.2, 0.25) is 0 Å². The van der Waals surface area contributed by atoms with Crippen molar-refractivity contribution in [2.75, 3.05) is 32.8 Å². The zero-order chi connectivity index (χ0) is 15.1. The van der Waals surface area contributed by atoms with Crippen molar-refractivity contribution in [3.63, 3.8) is 0 Å². The maximum atomic E-state index is 5.71. The van der Waals surface area contributed by atoms with Gasteiger partial charge in [0.15, 0.2) is 0 Å². The molecule has 2 rings (SSSR count). The second-order valence-electron chi connectivity index (χ2n) is 6.30.